The molecule has 0 radical (unpaired) electrons. The van der Waals surface area contributed by atoms with Gasteiger partial charge in [0.1, 0.15) is 10.5 Å². The van der Waals surface area contributed by atoms with E-state index in [1.165, 1.54) is 17.8 Å². The topological polar surface area (TPSA) is 40.5 Å². The standard InChI is InChI=1S/C12H10O2S/c13-10-6-7-11(12(14,8-10)15-11)9-4-2-1-3-5-9/h1-8,13-14H. The molecule has 1 aliphatic heterocycles. The summed E-state index contributed by atoms with van der Waals surface area (Å²) in [6, 6.07) is 9.84. The summed E-state index contributed by atoms with van der Waals surface area (Å²) in [5.41, 5.74) is 1.07. The van der Waals surface area contributed by atoms with E-state index >= 15 is 0 Å². The Morgan fingerprint density at radius 3 is 2.53 bits per heavy atom. The number of fused-ring (bicyclic) bond motifs is 1. The van der Waals surface area contributed by atoms with Gasteiger partial charge in [-0.1, -0.05) is 36.4 Å². The first kappa shape index (κ1) is 9.07. The fourth-order valence-corrected chi connectivity index (χ4v) is 3.26. The van der Waals surface area contributed by atoms with Gasteiger partial charge < -0.3 is 10.2 Å². The Labute approximate surface area is 91.9 Å². The van der Waals surface area contributed by atoms with Crippen LogP contribution in [0, 0.1) is 0 Å². The van der Waals surface area contributed by atoms with E-state index in [1.807, 2.05) is 36.4 Å². The number of aliphatic hydroxyl groups excluding tert-OH is 1. The van der Waals surface area contributed by atoms with Crippen molar-refractivity contribution in [2.75, 3.05) is 0 Å². The van der Waals surface area contributed by atoms with Crippen LogP contribution in [0.5, 0.6) is 0 Å². The molecule has 1 aromatic rings. The molecule has 0 spiro atoms. The van der Waals surface area contributed by atoms with E-state index in [9.17, 15) is 10.2 Å². The minimum absolute atomic E-state index is 0.133. The molecule has 0 aromatic heterocycles. The zero-order valence-corrected chi connectivity index (χ0v) is 8.74. The molecule has 1 saturated heterocycles. The number of aliphatic hydroxyl groups is 2. The van der Waals surface area contributed by atoms with Crippen LogP contribution in [0.3, 0.4) is 0 Å². The van der Waals surface area contributed by atoms with Crippen molar-refractivity contribution in [1.29, 1.82) is 0 Å². The first-order chi connectivity index (χ1) is 7.16. The van der Waals surface area contributed by atoms with Crippen LogP contribution in [0.1, 0.15) is 5.56 Å². The molecule has 2 atom stereocenters. The van der Waals surface area contributed by atoms with Gasteiger partial charge >= 0.3 is 0 Å². The van der Waals surface area contributed by atoms with E-state index < -0.39 is 4.93 Å². The summed E-state index contributed by atoms with van der Waals surface area (Å²) < 4.78 is -0.388. The fourth-order valence-electron chi connectivity index (χ4n) is 2.01. The third kappa shape index (κ3) is 1.10. The Morgan fingerprint density at radius 1 is 1.13 bits per heavy atom. The zero-order valence-electron chi connectivity index (χ0n) is 7.92. The van der Waals surface area contributed by atoms with Crippen molar-refractivity contribution in [2.45, 2.75) is 9.68 Å². The molecule has 2 unspecified atom stereocenters. The minimum Gasteiger partial charge on any atom is -0.508 e. The van der Waals surface area contributed by atoms with Gasteiger partial charge in [-0.05, 0) is 11.6 Å². The average molecular weight is 218 g/mol. The second kappa shape index (κ2) is 2.68. The largest absolute Gasteiger partial charge is 0.508 e. The number of rotatable bonds is 1. The predicted molar refractivity (Wildman–Crippen MR) is 60.5 cm³/mol. The molecule has 2 N–H and O–H groups in total. The van der Waals surface area contributed by atoms with Crippen LogP contribution in [0.25, 0.3) is 0 Å². The molecule has 1 heterocycles. The van der Waals surface area contributed by atoms with Gasteiger partial charge in [0, 0.05) is 6.08 Å². The molecule has 3 heteroatoms. The third-order valence-corrected chi connectivity index (χ3v) is 4.39. The predicted octanol–water partition coefficient (Wildman–Crippen LogP) is 2.33. The smallest absolute Gasteiger partial charge is 0.156 e. The van der Waals surface area contributed by atoms with Crippen LogP contribution in [0.2, 0.25) is 0 Å². The van der Waals surface area contributed by atoms with Crippen LogP contribution < -0.4 is 0 Å². The minimum atomic E-state index is -0.965. The molecule has 0 amide bonds. The van der Waals surface area contributed by atoms with Gasteiger partial charge in [0.25, 0.3) is 0 Å². The number of hydrogen-bond donors (Lipinski definition) is 2. The van der Waals surface area contributed by atoms with Crippen molar-refractivity contribution < 1.29 is 10.2 Å². The van der Waals surface area contributed by atoms with E-state index in [0.717, 1.165) is 5.56 Å². The lowest BCUT2D eigenvalue weighted by Crippen LogP contribution is -2.22. The number of benzene rings is 1. The SMILES string of the molecule is OC1=CC2(O)SC2(c2ccccc2)C=C1. The number of thioether (sulfide) groups is 1. The van der Waals surface area contributed by atoms with Gasteiger partial charge in [0.15, 0.2) is 4.93 Å². The molecule has 1 aliphatic carbocycles. The Balaban J connectivity index is 2.08. The molecular formula is C12H10O2S. The van der Waals surface area contributed by atoms with Crippen LogP contribution >= 0.6 is 11.8 Å². The highest BCUT2D eigenvalue weighted by atomic mass is 32.2. The first-order valence-corrected chi connectivity index (χ1v) is 5.57. The van der Waals surface area contributed by atoms with Gasteiger partial charge in [-0.3, -0.25) is 0 Å². The van der Waals surface area contributed by atoms with E-state index in [0.29, 0.717) is 0 Å². The van der Waals surface area contributed by atoms with Crippen LogP contribution in [0.4, 0.5) is 0 Å². The fraction of sp³-hybridized carbons (Fsp3) is 0.167. The van der Waals surface area contributed by atoms with Crippen molar-refractivity contribution >= 4 is 11.8 Å². The maximum atomic E-state index is 10.2. The van der Waals surface area contributed by atoms with Crippen molar-refractivity contribution in [3.05, 3.63) is 59.9 Å². The summed E-state index contributed by atoms with van der Waals surface area (Å²) in [6.45, 7) is 0. The quantitative estimate of drug-likeness (QED) is 0.711. The second-order valence-corrected chi connectivity index (χ2v) is 5.27. The molecule has 0 bridgehead atoms. The molecular weight excluding hydrogens is 208 g/mol. The highest BCUT2D eigenvalue weighted by Crippen LogP contribution is 2.71. The molecule has 1 aromatic carbocycles. The lowest BCUT2D eigenvalue weighted by atomic mass is 9.90. The van der Waals surface area contributed by atoms with Crippen LogP contribution in [0.15, 0.2) is 54.3 Å². The average Bonchev–Trinajstić information content (AvgIpc) is 2.86. The van der Waals surface area contributed by atoms with Crippen molar-refractivity contribution in [1.82, 2.24) is 0 Å². The Hall–Kier alpha value is -1.19. The third-order valence-electron chi connectivity index (χ3n) is 2.84. The molecule has 2 aliphatic rings. The summed E-state index contributed by atoms with van der Waals surface area (Å²) >= 11 is 1.44. The first-order valence-electron chi connectivity index (χ1n) is 4.75. The molecule has 76 valence electrons. The highest BCUT2D eigenvalue weighted by molar-refractivity contribution is 8.09. The van der Waals surface area contributed by atoms with E-state index in [1.54, 1.807) is 6.08 Å². The summed E-state index contributed by atoms with van der Waals surface area (Å²) in [6.07, 6.45) is 5.01. The zero-order chi connectivity index (χ0) is 10.5. The van der Waals surface area contributed by atoms with Gasteiger partial charge in [0.05, 0.1) is 0 Å². The van der Waals surface area contributed by atoms with Crippen LogP contribution in [-0.4, -0.2) is 15.1 Å². The van der Waals surface area contributed by atoms with Gasteiger partial charge in [-0.15, -0.1) is 11.8 Å². The van der Waals surface area contributed by atoms with Crippen molar-refractivity contribution in [3.8, 4) is 0 Å². The van der Waals surface area contributed by atoms with Gasteiger partial charge in [-0.2, -0.15) is 0 Å². The van der Waals surface area contributed by atoms with Crippen molar-refractivity contribution in [3.63, 3.8) is 0 Å². The summed E-state index contributed by atoms with van der Waals surface area (Å²) in [4.78, 5) is -0.965. The van der Waals surface area contributed by atoms with Gasteiger partial charge in [0.2, 0.25) is 0 Å². The Kier molecular flexibility index (Phi) is 1.62. The number of hydrogen-bond acceptors (Lipinski definition) is 3. The lowest BCUT2D eigenvalue weighted by Gasteiger charge is -2.17. The van der Waals surface area contributed by atoms with E-state index in [2.05, 4.69) is 0 Å². The molecule has 1 fully saturated rings. The van der Waals surface area contributed by atoms with Gasteiger partial charge in [-0.25, -0.2) is 0 Å². The summed E-state index contributed by atoms with van der Waals surface area (Å²) in [5.74, 6) is 0.133. The summed E-state index contributed by atoms with van der Waals surface area (Å²) in [5, 5.41) is 19.5. The van der Waals surface area contributed by atoms with Crippen molar-refractivity contribution in [2.24, 2.45) is 0 Å². The number of allylic oxidation sites excluding steroid dienone is 1. The van der Waals surface area contributed by atoms with Crippen LogP contribution in [-0.2, 0) is 4.75 Å². The second-order valence-electron chi connectivity index (χ2n) is 3.80. The molecule has 15 heavy (non-hydrogen) atoms. The van der Waals surface area contributed by atoms with E-state index in [4.69, 9.17) is 0 Å². The maximum absolute atomic E-state index is 10.2. The maximum Gasteiger partial charge on any atom is 0.156 e. The normalized spacial score (nSPS) is 37.0. The molecule has 3 rings (SSSR count). The molecule has 0 saturated carbocycles. The summed E-state index contributed by atoms with van der Waals surface area (Å²) in [7, 11) is 0. The highest BCUT2D eigenvalue weighted by Gasteiger charge is 2.68. The Bertz CT molecular complexity index is 466. The lowest BCUT2D eigenvalue weighted by molar-refractivity contribution is 0.193. The molecule has 2 nitrogen and oxygen atoms in total. The monoisotopic (exact) mass is 218 g/mol. The van der Waals surface area contributed by atoms with E-state index in [-0.39, 0.29) is 10.5 Å². The Morgan fingerprint density at radius 2 is 1.87 bits per heavy atom.